The first-order chi connectivity index (χ1) is 9.47. The molecule has 0 aromatic rings. The minimum Gasteiger partial charge on any atom is -0.376 e. The van der Waals surface area contributed by atoms with Crippen LogP contribution in [0, 0.1) is 11.8 Å². The molecule has 1 amide bonds. The highest BCUT2D eigenvalue weighted by molar-refractivity contribution is 5.84. The van der Waals surface area contributed by atoms with Gasteiger partial charge in [-0.2, -0.15) is 0 Å². The third-order valence-electron chi connectivity index (χ3n) is 4.18. The van der Waals surface area contributed by atoms with Gasteiger partial charge in [0.1, 0.15) is 0 Å². The van der Waals surface area contributed by atoms with Crippen LogP contribution in [-0.2, 0) is 9.53 Å². The highest BCUT2D eigenvalue weighted by atomic mass is 16.5. The van der Waals surface area contributed by atoms with Crippen molar-refractivity contribution in [2.75, 3.05) is 13.2 Å². The van der Waals surface area contributed by atoms with E-state index in [-0.39, 0.29) is 24.2 Å². The second-order valence-corrected chi connectivity index (χ2v) is 7.12. The van der Waals surface area contributed by atoms with Gasteiger partial charge in [0.25, 0.3) is 0 Å². The van der Waals surface area contributed by atoms with E-state index in [0.29, 0.717) is 11.8 Å². The van der Waals surface area contributed by atoms with Crippen LogP contribution in [0.5, 0.6) is 0 Å². The molecule has 20 heavy (non-hydrogen) atoms. The molecule has 2 heterocycles. The lowest BCUT2D eigenvalue weighted by atomic mass is 10.0. The Labute approximate surface area is 123 Å². The molecule has 0 aliphatic carbocycles. The maximum atomic E-state index is 12.6. The molecule has 0 radical (unpaired) electrons. The molecule has 0 bridgehead atoms. The Morgan fingerprint density at radius 3 is 2.50 bits per heavy atom. The molecule has 3 unspecified atom stereocenters. The van der Waals surface area contributed by atoms with E-state index in [1.54, 1.807) is 0 Å². The number of carbonyl (C=O) groups is 1. The zero-order valence-corrected chi connectivity index (χ0v) is 13.4. The normalized spacial score (nSPS) is 31.0. The van der Waals surface area contributed by atoms with Gasteiger partial charge in [-0.15, -0.1) is 0 Å². The molecule has 2 aliphatic rings. The Morgan fingerprint density at radius 2 is 1.95 bits per heavy atom. The highest BCUT2D eigenvalue weighted by Gasteiger charge is 2.40. The second-order valence-electron chi connectivity index (χ2n) is 7.12. The van der Waals surface area contributed by atoms with Gasteiger partial charge in [0.2, 0.25) is 5.91 Å². The number of hydrogen-bond donors (Lipinski definition) is 1. The van der Waals surface area contributed by atoms with E-state index in [4.69, 9.17) is 4.74 Å². The van der Waals surface area contributed by atoms with E-state index in [2.05, 4.69) is 33.0 Å². The highest BCUT2D eigenvalue weighted by Crippen LogP contribution is 2.24. The minimum absolute atomic E-state index is 0.000142. The van der Waals surface area contributed by atoms with Crippen molar-refractivity contribution in [1.82, 2.24) is 10.2 Å². The van der Waals surface area contributed by atoms with E-state index >= 15 is 0 Å². The summed E-state index contributed by atoms with van der Waals surface area (Å²) in [5.41, 5.74) is 0. The number of hydrogen-bond acceptors (Lipinski definition) is 3. The van der Waals surface area contributed by atoms with Crippen molar-refractivity contribution in [2.24, 2.45) is 11.8 Å². The van der Waals surface area contributed by atoms with E-state index in [0.717, 1.165) is 38.8 Å². The molecular weight excluding hydrogens is 252 g/mol. The molecular formula is C16H30N2O2. The summed E-state index contributed by atoms with van der Waals surface area (Å²) in [6.45, 7) is 10.4. The Kier molecular flexibility index (Phi) is 5.44. The largest absolute Gasteiger partial charge is 0.376 e. The van der Waals surface area contributed by atoms with Crippen LogP contribution < -0.4 is 5.32 Å². The molecule has 2 rings (SSSR count). The Bertz CT molecular complexity index is 324. The fourth-order valence-corrected chi connectivity index (χ4v) is 3.25. The molecule has 0 spiro atoms. The minimum atomic E-state index is 0.000142. The van der Waals surface area contributed by atoms with E-state index in [1.807, 2.05) is 4.90 Å². The first-order valence-corrected chi connectivity index (χ1v) is 8.15. The third-order valence-corrected chi connectivity index (χ3v) is 4.18. The molecule has 0 aromatic heterocycles. The van der Waals surface area contributed by atoms with Crippen molar-refractivity contribution >= 4 is 5.91 Å². The fourth-order valence-electron chi connectivity index (χ4n) is 3.25. The molecule has 0 aromatic carbocycles. The second kappa shape index (κ2) is 6.90. The maximum Gasteiger partial charge on any atom is 0.241 e. The SMILES string of the molecule is CC(C)CC1NC(CC(C)C)N(CC2CCCO2)C1=O. The van der Waals surface area contributed by atoms with Gasteiger partial charge in [0.05, 0.1) is 18.3 Å². The van der Waals surface area contributed by atoms with Gasteiger partial charge >= 0.3 is 0 Å². The number of carbonyl (C=O) groups excluding carboxylic acids is 1. The first-order valence-electron chi connectivity index (χ1n) is 8.15. The van der Waals surface area contributed by atoms with Crippen LogP contribution in [0.2, 0.25) is 0 Å². The van der Waals surface area contributed by atoms with Crippen molar-refractivity contribution < 1.29 is 9.53 Å². The van der Waals surface area contributed by atoms with Crippen molar-refractivity contribution in [3.63, 3.8) is 0 Å². The Balaban J connectivity index is 2.00. The lowest BCUT2D eigenvalue weighted by molar-refractivity contribution is -0.132. The summed E-state index contributed by atoms with van der Waals surface area (Å²) in [6.07, 6.45) is 4.60. The topological polar surface area (TPSA) is 41.6 Å². The summed E-state index contributed by atoms with van der Waals surface area (Å²) >= 11 is 0. The van der Waals surface area contributed by atoms with Crippen LogP contribution in [0.1, 0.15) is 53.4 Å². The first kappa shape index (κ1) is 15.8. The van der Waals surface area contributed by atoms with Crippen molar-refractivity contribution in [3.05, 3.63) is 0 Å². The Morgan fingerprint density at radius 1 is 1.25 bits per heavy atom. The molecule has 2 saturated heterocycles. The number of nitrogens with one attached hydrogen (secondary N) is 1. The van der Waals surface area contributed by atoms with E-state index in [1.165, 1.54) is 0 Å². The number of ether oxygens (including phenoxy) is 1. The van der Waals surface area contributed by atoms with Crippen molar-refractivity contribution in [3.8, 4) is 0 Å². The summed E-state index contributed by atoms with van der Waals surface area (Å²) in [5.74, 6) is 1.41. The van der Waals surface area contributed by atoms with Gasteiger partial charge < -0.3 is 9.64 Å². The quantitative estimate of drug-likeness (QED) is 0.813. The van der Waals surface area contributed by atoms with Crippen molar-refractivity contribution in [2.45, 2.75) is 71.7 Å². The lowest BCUT2D eigenvalue weighted by Gasteiger charge is -2.27. The zero-order chi connectivity index (χ0) is 14.7. The molecule has 4 heteroatoms. The third kappa shape index (κ3) is 3.95. The van der Waals surface area contributed by atoms with Gasteiger partial charge in [-0.25, -0.2) is 0 Å². The summed E-state index contributed by atoms with van der Waals surface area (Å²) in [4.78, 5) is 14.7. The molecule has 4 nitrogen and oxygen atoms in total. The molecule has 2 aliphatic heterocycles. The van der Waals surface area contributed by atoms with Crippen LogP contribution >= 0.6 is 0 Å². The standard InChI is InChI=1S/C16H30N2O2/c1-11(2)8-14-16(19)18(10-13-6-5-7-20-13)15(17-14)9-12(3)4/h11-15,17H,5-10H2,1-4H3. The monoisotopic (exact) mass is 282 g/mol. The number of amides is 1. The molecule has 3 atom stereocenters. The van der Waals surface area contributed by atoms with Gasteiger partial charge in [-0.3, -0.25) is 10.1 Å². The predicted molar refractivity (Wildman–Crippen MR) is 80.3 cm³/mol. The van der Waals surface area contributed by atoms with Gasteiger partial charge in [0, 0.05) is 13.2 Å². The lowest BCUT2D eigenvalue weighted by Crippen LogP contribution is -2.42. The zero-order valence-electron chi connectivity index (χ0n) is 13.4. The summed E-state index contributed by atoms with van der Waals surface area (Å²) in [6, 6.07) is 0.000142. The smallest absolute Gasteiger partial charge is 0.241 e. The van der Waals surface area contributed by atoms with Crippen LogP contribution in [-0.4, -0.2) is 42.3 Å². The fraction of sp³-hybridized carbons (Fsp3) is 0.938. The molecule has 2 fully saturated rings. The van der Waals surface area contributed by atoms with Gasteiger partial charge in [0.15, 0.2) is 0 Å². The molecule has 0 saturated carbocycles. The summed E-state index contributed by atoms with van der Waals surface area (Å²) in [5, 5.41) is 3.55. The average molecular weight is 282 g/mol. The maximum absolute atomic E-state index is 12.6. The number of rotatable bonds is 6. The predicted octanol–water partition coefficient (Wildman–Crippen LogP) is 2.38. The van der Waals surface area contributed by atoms with E-state index in [9.17, 15) is 4.79 Å². The Hall–Kier alpha value is -0.610. The van der Waals surface area contributed by atoms with Crippen LogP contribution in [0.25, 0.3) is 0 Å². The van der Waals surface area contributed by atoms with E-state index < -0.39 is 0 Å². The average Bonchev–Trinajstić information content (AvgIpc) is 2.93. The molecule has 1 N–H and O–H groups in total. The van der Waals surface area contributed by atoms with Crippen LogP contribution in [0.3, 0.4) is 0 Å². The van der Waals surface area contributed by atoms with Gasteiger partial charge in [-0.05, 0) is 37.5 Å². The molecule has 116 valence electrons. The van der Waals surface area contributed by atoms with Crippen LogP contribution in [0.15, 0.2) is 0 Å². The van der Waals surface area contributed by atoms with Crippen molar-refractivity contribution in [1.29, 1.82) is 0 Å². The summed E-state index contributed by atoms with van der Waals surface area (Å²) < 4.78 is 5.71. The van der Waals surface area contributed by atoms with Crippen LogP contribution in [0.4, 0.5) is 0 Å². The number of nitrogens with zero attached hydrogens (tertiary/aromatic N) is 1. The van der Waals surface area contributed by atoms with Gasteiger partial charge in [-0.1, -0.05) is 27.7 Å². The summed E-state index contributed by atoms with van der Waals surface area (Å²) in [7, 11) is 0.